The Morgan fingerprint density at radius 1 is 1.20 bits per heavy atom. The lowest BCUT2D eigenvalue weighted by atomic mass is 10.0. The number of benzene rings is 1. The third kappa shape index (κ3) is 2.61. The number of nitrogens with zero attached hydrogens (tertiary/aromatic N) is 2. The minimum absolute atomic E-state index is 0.181. The first-order chi connectivity index (χ1) is 9.79. The smallest absolute Gasteiger partial charge is 0.0890 e. The van der Waals surface area contributed by atoms with E-state index in [-0.39, 0.29) is 6.04 Å². The summed E-state index contributed by atoms with van der Waals surface area (Å²) in [5.41, 5.74) is 3.07. The summed E-state index contributed by atoms with van der Waals surface area (Å²) in [5.74, 6) is 0. The van der Waals surface area contributed by atoms with E-state index in [9.17, 15) is 0 Å². The quantitative estimate of drug-likeness (QED) is 0.770. The Morgan fingerprint density at radius 2 is 2.00 bits per heavy atom. The Morgan fingerprint density at radius 3 is 2.70 bits per heavy atom. The van der Waals surface area contributed by atoms with Crippen molar-refractivity contribution in [2.45, 2.75) is 13.0 Å². The molecule has 0 aliphatic heterocycles. The van der Waals surface area contributed by atoms with Gasteiger partial charge in [0, 0.05) is 21.7 Å². The Bertz CT molecular complexity index is 726. The van der Waals surface area contributed by atoms with Crippen LogP contribution in [-0.4, -0.2) is 16.5 Å². The van der Waals surface area contributed by atoms with Gasteiger partial charge in [-0.3, -0.25) is 9.97 Å². The highest BCUT2D eigenvalue weighted by Gasteiger charge is 2.17. The molecule has 5 heteroatoms. The molecular weight excluding hydrogens is 334 g/mol. The molecule has 1 aromatic carbocycles. The number of hydrogen-bond donors (Lipinski definition) is 1. The summed E-state index contributed by atoms with van der Waals surface area (Å²) < 4.78 is 1.15. The van der Waals surface area contributed by atoms with Crippen LogP contribution in [0.15, 0.2) is 46.5 Å². The highest BCUT2D eigenvalue weighted by atomic mass is 79.9. The van der Waals surface area contributed by atoms with Gasteiger partial charge in [-0.05, 0) is 51.6 Å². The van der Waals surface area contributed by atoms with E-state index < -0.39 is 0 Å². The van der Waals surface area contributed by atoms with Gasteiger partial charge in [-0.2, -0.15) is 0 Å². The van der Waals surface area contributed by atoms with Crippen LogP contribution < -0.4 is 5.32 Å². The molecule has 20 heavy (non-hydrogen) atoms. The highest BCUT2D eigenvalue weighted by molar-refractivity contribution is 9.10. The average Bonchev–Trinajstić information content (AvgIpc) is 2.90. The van der Waals surface area contributed by atoms with Crippen LogP contribution >= 0.6 is 27.3 Å². The van der Waals surface area contributed by atoms with Gasteiger partial charge in [0.2, 0.25) is 0 Å². The van der Waals surface area contributed by atoms with E-state index in [1.165, 1.54) is 10.4 Å². The number of thiophene rings is 1. The number of rotatable bonds is 4. The molecule has 2 heterocycles. The van der Waals surface area contributed by atoms with E-state index in [1.54, 1.807) is 23.7 Å². The second kappa shape index (κ2) is 5.99. The summed E-state index contributed by atoms with van der Waals surface area (Å²) in [4.78, 5) is 10.00. The maximum atomic E-state index is 4.39. The van der Waals surface area contributed by atoms with Crippen LogP contribution in [0.5, 0.6) is 0 Å². The molecule has 0 aliphatic rings. The van der Waals surface area contributed by atoms with Crippen molar-refractivity contribution < 1.29 is 0 Å². The molecule has 0 spiro atoms. The molecule has 2 aromatic heterocycles. The summed E-state index contributed by atoms with van der Waals surface area (Å²) in [6, 6.07) is 8.54. The van der Waals surface area contributed by atoms with E-state index in [4.69, 9.17) is 0 Å². The third-order valence-electron chi connectivity index (χ3n) is 3.14. The van der Waals surface area contributed by atoms with Crippen LogP contribution in [0.1, 0.15) is 23.4 Å². The molecule has 0 saturated heterocycles. The van der Waals surface area contributed by atoms with Gasteiger partial charge in [0.05, 0.1) is 17.1 Å². The molecule has 3 rings (SSSR count). The Hall–Kier alpha value is -1.30. The molecule has 0 radical (unpaired) electrons. The van der Waals surface area contributed by atoms with Gasteiger partial charge < -0.3 is 5.32 Å². The lowest BCUT2D eigenvalue weighted by Gasteiger charge is -2.18. The SMILES string of the molecule is CCNC(c1ccc2nccnc2c1)c1sccc1Br. The molecule has 1 N–H and O–H groups in total. The Labute approximate surface area is 130 Å². The van der Waals surface area contributed by atoms with Crippen molar-refractivity contribution >= 4 is 38.3 Å². The highest BCUT2D eigenvalue weighted by Crippen LogP contribution is 2.33. The van der Waals surface area contributed by atoms with Crippen LogP contribution in [0.3, 0.4) is 0 Å². The summed E-state index contributed by atoms with van der Waals surface area (Å²) in [6.45, 7) is 3.03. The number of aromatic nitrogens is 2. The minimum Gasteiger partial charge on any atom is -0.306 e. The van der Waals surface area contributed by atoms with Crippen molar-refractivity contribution in [3.05, 3.63) is 57.0 Å². The number of halogens is 1. The third-order valence-corrected chi connectivity index (χ3v) is 5.08. The van der Waals surface area contributed by atoms with Crippen LogP contribution in [0.2, 0.25) is 0 Å². The molecule has 0 aliphatic carbocycles. The van der Waals surface area contributed by atoms with Gasteiger partial charge in [0.1, 0.15) is 0 Å². The van der Waals surface area contributed by atoms with Crippen molar-refractivity contribution in [3.63, 3.8) is 0 Å². The zero-order valence-corrected chi connectivity index (χ0v) is 13.4. The van der Waals surface area contributed by atoms with Crippen molar-refractivity contribution in [1.82, 2.24) is 15.3 Å². The van der Waals surface area contributed by atoms with E-state index in [0.717, 1.165) is 22.1 Å². The fraction of sp³-hybridized carbons (Fsp3) is 0.200. The number of fused-ring (bicyclic) bond motifs is 1. The topological polar surface area (TPSA) is 37.8 Å². The summed E-state index contributed by atoms with van der Waals surface area (Å²) in [5, 5.41) is 5.64. The predicted octanol–water partition coefficient (Wildman–Crippen LogP) is 4.15. The summed E-state index contributed by atoms with van der Waals surface area (Å²) in [6.07, 6.45) is 3.45. The molecule has 3 nitrogen and oxygen atoms in total. The van der Waals surface area contributed by atoms with Crippen molar-refractivity contribution in [1.29, 1.82) is 0 Å². The van der Waals surface area contributed by atoms with Gasteiger partial charge in [0.25, 0.3) is 0 Å². The zero-order valence-electron chi connectivity index (χ0n) is 11.0. The van der Waals surface area contributed by atoms with Crippen LogP contribution in [-0.2, 0) is 0 Å². The van der Waals surface area contributed by atoms with Gasteiger partial charge in [-0.1, -0.05) is 13.0 Å². The largest absolute Gasteiger partial charge is 0.306 e. The monoisotopic (exact) mass is 347 g/mol. The molecule has 102 valence electrons. The van der Waals surface area contributed by atoms with Crippen LogP contribution in [0.4, 0.5) is 0 Å². The van der Waals surface area contributed by atoms with Crippen molar-refractivity contribution in [3.8, 4) is 0 Å². The Kier molecular flexibility index (Phi) is 4.10. The molecule has 1 unspecified atom stereocenters. The maximum absolute atomic E-state index is 4.39. The molecule has 0 fully saturated rings. The lowest BCUT2D eigenvalue weighted by Crippen LogP contribution is -2.21. The molecule has 3 aromatic rings. The fourth-order valence-corrected chi connectivity index (χ4v) is 3.94. The van der Waals surface area contributed by atoms with Gasteiger partial charge in [0.15, 0.2) is 0 Å². The van der Waals surface area contributed by atoms with E-state index >= 15 is 0 Å². The normalized spacial score (nSPS) is 12.7. The first-order valence-electron chi connectivity index (χ1n) is 6.46. The van der Waals surface area contributed by atoms with Gasteiger partial charge in [-0.25, -0.2) is 0 Å². The van der Waals surface area contributed by atoms with Crippen LogP contribution in [0, 0.1) is 0 Å². The number of hydrogen-bond acceptors (Lipinski definition) is 4. The molecule has 0 amide bonds. The van der Waals surface area contributed by atoms with Crippen LogP contribution in [0.25, 0.3) is 11.0 Å². The van der Waals surface area contributed by atoms with Gasteiger partial charge in [-0.15, -0.1) is 11.3 Å². The maximum Gasteiger partial charge on any atom is 0.0890 e. The van der Waals surface area contributed by atoms with E-state index in [1.807, 2.05) is 6.07 Å². The zero-order chi connectivity index (χ0) is 13.9. The predicted molar refractivity (Wildman–Crippen MR) is 87.1 cm³/mol. The average molecular weight is 348 g/mol. The molecule has 0 bridgehead atoms. The Balaban J connectivity index is 2.07. The molecular formula is C15H14BrN3S. The molecule has 1 atom stereocenters. The second-order valence-corrected chi connectivity index (χ2v) is 6.23. The van der Waals surface area contributed by atoms with Crippen molar-refractivity contribution in [2.24, 2.45) is 0 Å². The molecule has 0 saturated carbocycles. The first-order valence-corrected chi connectivity index (χ1v) is 8.14. The summed E-state index contributed by atoms with van der Waals surface area (Å²) in [7, 11) is 0. The lowest BCUT2D eigenvalue weighted by molar-refractivity contribution is 0.638. The van der Waals surface area contributed by atoms with Crippen molar-refractivity contribution in [2.75, 3.05) is 6.54 Å². The van der Waals surface area contributed by atoms with Gasteiger partial charge >= 0.3 is 0 Å². The second-order valence-electron chi connectivity index (χ2n) is 4.43. The first kappa shape index (κ1) is 13.7. The van der Waals surface area contributed by atoms with E-state index in [2.05, 4.69) is 61.7 Å². The standard InChI is InChI=1S/C15H14BrN3S/c1-2-17-14(15-11(16)5-8-20-15)10-3-4-12-13(9-10)19-7-6-18-12/h3-9,14,17H,2H2,1H3. The fourth-order valence-electron chi connectivity index (χ4n) is 2.24. The summed E-state index contributed by atoms with van der Waals surface area (Å²) >= 11 is 5.38. The minimum atomic E-state index is 0.181. The number of nitrogens with one attached hydrogen (secondary N) is 1. The van der Waals surface area contributed by atoms with E-state index in [0.29, 0.717) is 0 Å².